The molecule has 0 aliphatic heterocycles. The summed E-state index contributed by atoms with van der Waals surface area (Å²) in [4.78, 5) is 0. The van der Waals surface area contributed by atoms with Crippen LogP contribution in [0.25, 0.3) is 0 Å². The van der Waals surface area contributed by atoms with Crippen molar-refractivity contribution in [2.75, 3.05) is 13.1 Å². The molecule has 0 spiro atoms. The molecule has 1 fully saturated rings. The third-order valence-electron chi connectivity index (χ3n) is 3.13. The summed E-state index contributed by atoms with van der Waals surface area (Å²) in [5.74, 6) is 1.09. The molecule has 1 nitrogen and oxygen atoms in total. The molecule has 0 aromatic heterocycles. The number of nitrogens with one attached hydrogen (secondary N) is 1. The molecule has 0 unspecified atom stereocenters. The molecular formula is C13H27N. The van der Waals surface area contributed by atoms with Crippen LogP contribution in [-0.4, -0.2) is 13.1 Å². The van der Waals surface area contributed by atoms with Gasteiger partial charge < -0.3 is 5.32 Å². The number of unbranched alkanes of at least 4 members (excludes halogenated alkanes) is 5. The second kappa shape index (κ2) is 8.28. The first kappa shape index (κ1) is 12.0. The Morgan fingerprint density at radius 2 is 1.64 bits per heavy atom. The van der Waals surface area contributed by atoms with E-state index in [4.69, 9.17) is 0 Å². The number of hydrogen-bond acceptors (Lipinski definition) is 1. The molecule has 0 saturated heterocycles. The zero-order chi connectivity index (χ0) is 10.1. The minimum Gasteiger partial charge on any atom is -0.317 e. The summed E-state index contributed by atoms with van der Waals surface area (Å²) >= 11 is 0. The van der Waals surface area contributed by atoms with E-state index >= 15 is 0 Å². The van der Waals surface area contributed by atoms with Crippen molar-refractivity contribution in [3.63, 3.8) is 0 Å². The van der Waals surface area contributed by atoms with Gasteiger partial charge in [-0.15, -0.1) is 0 Å². The first-order chi connectivity index (χ1) is 6.93. The predicted molar refractivity (Wildman–Crippen MR) is 63.6 cm³/mol. The van der Waals surface area contributed by atoms with Gasteiger partial charge in [0.15, 0.2) is 0 Å². The van der Waals surface area contributed by atoms with Crippen molar-refractivity contribution in [1.29, 1.82) is 0 Å². The van der Waals surface area contributed by atoms with E-state index in [1.165, 1.54) is 70.9 Å². The molecule has 1 heteroatoms. The molecule has 1 N–H and O–H groups in total. The maximum Gasteiger partial charge on any atom is -0.00463 e. The number of rotatable bonds is 10. The van der Waals surface area contributed by atoms with Crippen LogP contribution in [0.3, 0.4) is 0 Å². The monoisotopic (exact) mass is 197 g/mol. The molecule has 1 saturated carbocycles. The Kier molecular flexibility index (Phi) is 7.12. The Labute approximate surface area is 89.7 Å². The highest BCUT2D eigenvalue weighted by atomic mass is 14.8. The van der Waals surface area contributed by atoms with E-state index in [1.807, 2.05) is 0 Å². The van der Waals surface area contributed by atoms with Crippen LogP contribution in [0.1, 0.15) is 64.7 Å². The van der Waals surface area contributed by atoms with Crippen LogP contribution in [0.5, 0.6) is 0 Å². The Bertz CT molecular complexity index is 118. The maximum atomic E-state index is 3.55. The molecule has 0 aromatic carbocycles. The summed E-state index contributed by atoms with van der Waals surface area (Å²) in [6, 6.07) is 0. The van der Waals surface area contributed by atoms with Crippen LogP contribution in [0.2, 0.25) is 0 Å². The van der Waals surface area contributed by atoms with Crippen LogP contribution >= 0.6 is 0 Å². The topological polar surface area (TPSA) is 12.0 Å². The molecule has 1 aliphatic rings. The zero-order valence-corrected chi connectivity index (χ0v) is 9.86. The van der Waals surface area contributed by atoms with E-state index in [0.717, 1.165) is 5.92 Å². The Balaban J connectivity index is 1.63. The lowest BCUT2D eigenvalue weighted by Gasteiger charge is -2.03. The molecule has 1 rings (SSSR count). The summed E-state index contributed by atoms with van der Waals surface area (Å²) < 4.78 is 0. The van der Waals surface area contributed by atoms with Gasteiger partial charge in [-0.1, -0.05) is 51.9 Å². The SMILES string of the molecule is CCCCCCCCNCCC1CC1. The Hall–Kier alpha value is -0.0400. The fourth-order valence-electron chi connectivity index (χ4n) is 1.87. The quantitative estimate of drug-likeness (QED) is 0.526. The average molecular weight is 197 g/mol. The van der Waals surface area contributed by atoms with Crippen LogP contribution in [0.15, 0.2) is 0 Å². The van der Waals surface area contributed by atoms with E-state index in [-0.39, 0.29) is 0 Å². The summed E-state index contributed by atoms with van der Waals surface area (Å²) in [5.41, 5.74) is 0. The fourth-order valence-corrected chi connectivity index (χ4v) is 1.87. The van der Waals surface area contributed by atoms with E-state index < -0.39 is 0 Å². The highest BCUT2D eigenvalue weighted by Crippen LogP contribution is 2.31. The van der Waals surface area contributed by atoms with E-state index in [1.54, 1.807) is 0 Å². The number of hydrogen-bond donors (Lipinski definition) is 1. The summed E-state index contributed by atoms with van der Waals surface area (Å²) in [6.45, 7) is 4.79. The molecule has 0 heterocycles. The van der Waals surface area contributed by atoms with Crippen LogP contribution < -0.4 is 5.32 Å². The van der Waals surface area contributed by atoms with Crippen molar-refractivity contribution < 1.29 is 0 Å². The fraction of sp³-hybridized carbons (Fsp3) is 1.00. The summed E-state index contributed by atoms with van der Waals surface area (Å²) in [7, 11) is 0. The van der Waals surface area contributed by atoms with Gasteiger partial charge >= 0.3 is 0 Å². The normalized spacial score (nSPS) is 16.1. The first-order valence-electron chi connectivity index (χ1n) is 6.64. The largest absolute Gasteiger partial charge is 0.317 e. The molecule has 1 aliphatic carbocycles. The van der Waals surface area contributed by atoms with Crippen LogP contribution in [-0.2, 0) is 0 Å². The standard InChI is InChI=1S/C13H27N/c1-2-3-4-5-6-7-11-14-12-10-13-8-9-13/h13-14H,2-12H2,1H3. The Morgan fingerprint density at radius 3 is 2.36 bits per heavy atom. The van der Waals surface area contributed by atoms with Crippen LogP contribution in [0, 0.1) is 5.92 Å². The molecule has 0 aromatic rings. The van der Waals surface area contributed by atoms with Gasteiger partial charge in [-0.25, -0.2) is 0 Å². The van der Waals surface area contributed by atoms with Gasteiger partial charge in [0.25, 0.3) is 0 Å². The van der Waals surface area contributed by atoms with Crippen molar-refractivity contribution in [3.8, 4) is 0 Å². The molecule has 0 amide bonds. The highest BCUT2D eigenvalue weighted by molar-refractivity contribution is 4.73. The second-order valence-corrected chi connectivity index (χ2v) is 4.75. The molecular weight excluding hydrogens is 170 g/mol. The predicted octanol–water partition coefficient (Wildman–Crippen LogP) is 3.74. The molecule has 84 valence electrons. The van der Waals surface area contributed by atoms with Gasteiger partial charge in [0.2, 0.25) is 0 Å². The smallest absolute Gasteiger partial charge is 0.00463 e. The van der Waals surface area contributed by atoms with Gasteiger partial charge in [-0.05, 0) is 31.8 Å². The lowest BCUT2D eigenvalue weighted by atomic mass is 10.1. The minimum atomic E-state index is 1.09. The van der Waals surface area contributed by atoms with Crippen molar-refractivity contribution in [3.05, 3.63) is 0 Å². The highest BCUT2D eigenvalue weighted by Gasteiger charge is 2.19. The van der Waals surface area contributed by atoms with Gasteiger partial charge in [-0.2, -0.15) is 0 Å². The van der Waals surface area contributed by atoms with Crippen molar-refractivity contribution >= 4 is 0 Å². The zero-order valence-electron chi connectivity index (χ0n) is 9.86. The van der Waals surface area contributed by atoms with Gasteiger partial charge in [-0.3, -0.25) is 0 Å². The first-order valence-corrected chi connectivity index (χ1v) is 6.64. The van der Waals surface area contributed by atoms with Crippen molar-refractivity contribution in [2.24, 2.45) is 5.92 Å². The lowest BCUT2D eigenvalue weighted by molar-refractivity contribution is 0.554. The van der Waals surface area contributed by atoms with Gasteiger partial charge in [0.05, 0.1) is 0 Å². The van der Waals surface area contributed by atoms with E-state index in [0.29, 0.717) is 0 Å². The van der Waals surface area contributed by atoms with E-state index in [9.17, 15) is 0 Å². The van der Waals surface area contributed by atoms with Crippen LogP contribution in [0.4, 0.5) is 0 Å². The summed E-state index contributed by atoms with van der Waals surface area (Å²) in [6.07, 6.45) is 12.9. The van der Waals surface area contributed by atoms with Gasteiger partial charge in [0.1, 0.15) is 0 Å². The van der Waals surface area contributed by atoms with Gasteiger partial charge in [0, 0.05) is 0 Å². The third kappa shape index (κ3) is 7.37. The van der Waals surface area contributed by atoms with Crippen molar-refractivity contribution in [1.82, 2.24) is 5.32 Å². The molecule has 0 bridgehead atoms. The average Bonchev–Trinajstić information content (AvgIpc) is 2.99. The molecule has 0 atom stereocenters. The molecule has 14 heavy (non-hydrogen) atoms. The minimum absolute atomic E-state index is 1.09. The Morgan fingerprint density at radius 1 is 0.929 bits per heavy atom. The summed E-state index contributed by atoms with van der Waals surface area (Å²) in [5, 5.41) is 3.55. The lowest BCUT2D eigenvalue weighted by Crippen LogP contribution is -2.16. The third-order valence-corrected chi connectivity index (χ3v) is 3.13. The van der Waals surface area contributed by atoms with E-state index in [2.05, 4.69) is 12.2 Å². The maximum absolute atomic E-state index is 3.55. The second-order valence-electron chi connectivity index (χ2n) is 4.75. The molecule has 0 radical (unpaired) electrons. The van der Waals surface area contributed by atoms with Crippen molar-refractivity contribution in [2.45, 2.75) is 64.7 Å².